The molecule has 1 aliphatic heterocycles. The number of thioether (sulfide) groups is 1. The number of allylic oxidation sites excluding steroid dienone is 1. The predicted octanol–water partition coefficient (Wildman–Crippen LogP) is 4.82. The second-order valence-corrected chi connectivity index (χ2v) is 9.05. The second-order valence-electron chi connectivity index (χ2n) is 7.86. The summed E-state index contributed by atoms with van der Waals surface area (Å²) in [4.78, 5) is 25.0. The summed E-state index contributed by atoms with van der Waals surface area (Å²) in [7, 11) is 0. The van der Waals surface area contributed by atoms with Crippen molar-refractivity contribution in [3.63, 3.8) is 0 Å². The third kappa shape index (κ3) is 5.58. The molecule has 1 aliphatic carbocycles. The zero-order chi connectivity index (χ0) is 21.6. The SMILES string of the molecule is CC(=C/c1ccccc1)/C=N/N=C1\NC(=O)C(CC(=O)c2ccc3c(c2)CCCC3)S1. The van der Waals surface area contributed by atoms with Gasteiger partial charge in [0.25, 0.3) is 0 Å². The van der Waals surface area contributed by atoms with E-state index in [4.69, 9.17) is 0 Å². The number of carbonyl (C=O) groups excluding carboxylic acids is 2. The van der Waals surface area contributed by atoms with Crippen molar-refractivity contribution in [3.05, 3.63) is 76.4 Å². The molecule has 0 aromatic heterocycles. The molecular weight excluding hydrogens is 406 g/mol. The largest absolute Gasteiger partial charge is 0.303 e. The quantitative estimate of drug-likeness (QED) is 0.405. The van der Waals surface area contributed by atoms with Crippen LogP contribution in [0.15, 0.2) is 64.3 Å². The fourth-order valence-electron chi connectivity index (χ4n) is 3.80. The van der Waals surface area contributed by atoms with Crippen LogP contribution in [0.3, 0.4) is 0 Å². The third-order valence-electron chi connectivity index (χ3n) is 5.42. The fraction of sp³-hybridized carbons (Fsp3) is 0.280. The number of carbonyl (C=O) groups is 2. The van der Waals surface area contributed by atoms with Crippen molar-refractivity contribution in [2.75, 3.05) is 0 Å². The normalized spacial score (nSPS) is 20.2. The highest BCUT2D eigenvalue weighted by Gasteiger charge is 2.32. The summed E-state index contributed by atoms with van der Waals surface area (Å²) in [6.07, 6.45) is 8.32. The number of amides is 1. The number of aryl methyl sites for hydroxylation is 2. The van der Waals surface area contributed by atoms with E-state index in [2.05, 4.69) is 21.6 Å². The lowest BCUT2D eigenvalue weighted by molar-refractivity contribution is -0.118. The first-order valence-electron chi connectivity index (χ1n) is 10.6. The first-order chi connectivity index (χ1) is 15.1. The summed E-state index contributed by atoms with van der Waals surface area (Å²) < 4.78 is 0. The molecule has 1 fully saturated rings. The van der Waals surface area contributed by atoms with E-state index in [0.717, 1.165) is 24.0 Å². The lowest BCUT2D eigenvalue weighted by Crippen LogP contribution is -2.26. The van der Waals surface area contributed by atoms with Crippen LogP contribution in [0.5, 0.6) is 0 Å². The molecule has 4 rings (SSSR count). The number of Topliss-reactive ketones (excluding diaryl/α,β-unsaturated/α-hetero) is 1. The van der Waals surface area contributed by atoms with Crippen LogP contribution in [-0.2, 0) is 17.6 Å². The van der Waals surface area contributed by atoms with Gasteiger partial charge in [0.2, 0.25) is 5.91 Å². The number of hydrogen-bond donors (Lipinski definition) is 1. The van der Waals surface area contributed by atoms with Crippen LogP contribution in [0, 0.1) is 0 Å². The molecule has 1 unspecified atom stereocenters. The smallest absolute Gasteiger partial charge is 0.240 e. The van der Waals surface area contributed by atoms with Gasteiger partial charge in [-0.3, -0.25) is 9.59 Å². The van der Waals surface area contributed by atoms with E-state index in [-0.39, 0.29) is 18.1 Å². The Bertz CT molecular complexity index is 1070. The molecule has 31 heavy (non-hydrogen) atoms. The first kappa shape index (κ1) is 21.2. The zero-order valence-electron chi connectivity index (χ0n) is 17.5. The molecule has 0 saturated carbocycles. The molecule has 0 radical (unpaired) electrons. The van der Waals surface area contributed by atoms with E-state index in [1.807, 2.05) is 55.5 Å². The van der Waals surface area contributed by atoms with Gasteiger partial charge in [-0.15, -0.1) is 5.10 Å². The molecule has 1 amide bonds. The van der Waals surface area contributed by atoms with E-state index in [0.29, 0.717) is 10.7 Å². The summed E-state index contributed by atoms with van der Waals surface area (Å²) in [6.45, 7) is 1.94. The maximum atomic E-state index is 12.7. The number of benzene rings is 2. The average molecular weight is 432 g/mol. The lowest BCUT2D eigenvalue weighted by atomic mass is 9.89. The molecule has 6 heteroatoms. The van der Waals surface area contributed by atoms with E-state index in [9.17, 15) is 9.59 Å². The maximum absolute atomic E-state index is 12.7. The molecule has 2 aromatic carbocycles. The highest BCUT2D eigenvalue weighted by molar-refractivity contribution is 8.15. The molecule has 2 aromatic rings. The van der Waals surface area contributed by atoms with Crippen LogP contribution in [0.4, 0.5) is 0 Å². The van der Waals surface area contributed by atoms with Crippen LogP contribution in [0.25, 0.3) is 6.08 Å². The van der Waals surface area contributed by atoms with Gasteiger partial charge in [-0.1, -0.05) is 60.3 Å². The van der Waals surface area contributed by atoms with Crippen molar-refractivity contribution in [1.29, 1.82) is 0 Å². The number of ketones is 1. The molecule has 1 heterocycles. The molecular formula is C25H25N3O2S. The number of nitrogens with one attached hydrogen (secondary N) is 1. The van der Waals surface area contributed by atoms with Crippen LogP contribution < -0.4 is 5.32 Å². The van der Waals surface area contributed by atoms with E-state index < -0.39 is 5.25 Å². The summed E-state index contributed by atoms with van der Waals surface area (Å²) in [6, 6.07) is 15.9. The Morgan fingerprint density at radius 1 is 1.13 bits per heavy atom. The van der Waals surface area contributed by atoms with E-state index >= 15 is 0 Å². The van der Waals surface area contributed by atoms with Gasteiger partial charge in [0.1, 0.15) is 0 Å². The van der Waals surface area contributed by atoms with Crippen molar-refractivity contribution in [2.24, 2.45) is 10.2 Å². The molecule has 1 saturated heterocycles. The fourth-order valence-corrected chi connectivity index (χ4v) is 4.73. The number of hydrogen-bond acceptors (Lipinski definition) is 5. The van der Waals surface area contributed by atoms with Crippen molar-refractivity contribution < 1.29 is 9.59 Å². The van der Waals surface area contributed by atoms with Gasteiger partial charge >= 0.3 is 0 Å². The van der Waals surface area contributed by atoms with Gasteiger partial charge in [0, 0.05) is 12.0 Å². The number of fused-ring (bicyclic) bond motifs is 1. The Balaban J connectivity index is 1.35. The zero-order valence-corrected chi connectivity index (χ0v) is 18.3. The van der Waals surface area contributed by atoms with Crippen LogP contribution >= 0.6 is 11.8 Å². The van der Waals surface area contributed by atoms with Crippen molar-refractivity contribution in [2.45, 2.75) is 44.3 Å². The predicted molar refractivity (Wildman–Crippen MR) is 128 cm³/mol. The molecule has 1 N–H and O–H groups in total. The maximum Gasteiger partial charge on any atom is 0.240 e. The minimum Gasteiger partial charge on any atom is -0.303 e. The van der Waals surface area contributed by atoms with Gasteiger partial charge < -0.3 is 5.32 Å². The van der Waals surface area contributed by atoms with Gasteiger partial charge in [0.15, 0.2) is 11.0 Å². The van der Waals surface area contributed by atoms with Crippen molar-refractivity contribution in [1.82, 2.24) is 5.32 Å². The molecule has 2 aliphatic rings. The topological polar surface area (TPSA) is 70.9 Å². The van der Waals surface area contributed by atoms with Crippen molar-refractivity contribution >= 4 is 40.9 Å². The van der Waals surface area contributed by atoms with Gasteiger partial charge in [-0.2, -0.15) is 5.10 Å². The summed E-state index contributed by atoms with van der Waals surface area (Å²) in [5, 5.41) is 10.9. The summed E-state index contributed by atoms with van der Waals surface area (Å²) in [5.41, 5.74) is 5.35. The minimum atomic E-state index is -0.474. The Kier molecular flexibility index (Phi) is 6.77. The van der Waals surface area contributed by atoms with Gasteiger partial charge in [-0.25, -0.2) is 0 Å². The average Bonchev–Trinajstić information content (AvgIpc) is 3.13. The van der Waals surface area contributed by atoms with Gasteiger partial charge in [0.05, 0.1) is 11.5 Å². The second kappa shape index (κ2) is 9.88. The minimum absolute atomic E-state index is 0.00702. The van der Waals surface area contributed by atoms with Crippen molar-refractivity contribution in [3.8, 4) is 0 Å². The highest BCUT2D eigenvalue weighted by atomic mass is 32.2. The molecule has 0 bridgehead atoms. The van der Waals surface area contributed by atoms with Crippen LogP contribution in [-0.4, -0.2) is 28.3 Å². The Hall–Kier alpha value is -2.99. The monoisotopic (exact) mass is 431 g/mol. The van der Waals surface area contributed by atoms with Crippen LogP contribution in [0.1, 0.15) is 53.2 Å². The standard InChI is InChI=1S/C25H25N3O2S/c1-17(13-18-7-3-2-4-8-18)16-26-28-25-27-24(30)23(31-25)15-22(29)21-12-11-19-9-5-6-10-20(19)14-21/h2-4,7-8,11-14,16,23H,5-6,9-10,15H2,1H3,(H,27,28,30)/b17-13-,26-16+. The molecule has 1 atom stereocenters. The molecule has 0 spiro atoms. The Morgan fingerprint density at radius 2 is 1.90 bits per heavy atom. The highest BCUT2D eigenvalue weighted by Crippen LogP contribution is 2.26. The third-order valence-corrected chi connectivity index (χ3v) is 6.49. The van der Waals surface area contributed by atoms with Gasteiger partial charge in [-0.05, 0) is 60.9 Å². The Morgan fingerprint density at radius 3 is 2.71 bits per heavy atom. The number of amidine groups is 1. The Labute approximate surface area is 186 Å². The van der Waals surface area contributed by atoms with E-state index in [1.165, 1.54) is 35.7 Å². The summed E-state index contributed by atoms with van der Waals surface area (Å²) in [5.74, 6) is -0.200. The number of rotatable bonds is 6. The molecule has 158 valence electrons. The number of nitrogens with zero attached hydrogens (tertiary/aromatic N) is 2. The van der Waals surface area contributed by atoms with Crippen LogP contribution in [0.2, 0.25) is 0 Å². The first-order valence-corrected chi connectivity index (χ1v) is 11.4. The molecule has 5 nitrogen and oxygen atoms in total. The van der Waals surface area contributed by atoms with E-state index in [1.54, 1.807) is 6.21 Å². The lowest BCUT2D eigenvalue weighted by Gasteiger charge is -2.16. The summed E-state index contributed by atoms with van der Waals surface area (Å²) >= 11 is 1.26.